The maximum atomic E-state index is 13.4. The van der Waals surface area contributed by atoms with Crippen molar-refractivity contribution in [2.45, 2.75) is 45.1 Å². The van der Waals surface area contributed by atoms with E-state index < -0.39 is 0 Å². The van der Waals surface area contributed by atoms with Gasteiger partial charge in [0.05, 0.1) is 7.11 Å². The van der Waals surface area contributed by atoms with Crippen molar-refractivity contribution in [3.05, 3.63) is 65.9 Å². The van der Waals surface area contributed by atoms with Crippen LogP contribution in [0.3, 0.4) is 0 Å². The topological polar surface area (TPSA) is 64.5 Å². The number of aryl methyl sites for hydroxylation is 1. The van der Waals surface area contributed by atoms with E-state index in [1.807, 2.05) is 67.4 Å². The summed E-state index contributed by atoms with van der Waals surface area (Å²) in [5.74, 6) is 1.70. The average molecular weight is 432 g/mol. The van der Waals surface area contributed by atoms with Crippen LogP contribution in [0.4, 0.5) is 0 Å². The van der Waals surface area contributed by atoms with E-state index in [0.29, 0.717) is 22.9 Å². The Kier molecular flexibility index (Phi) is 6.69. The summed E-state index contributed by atoms with van der Waals surface area (Å²) in [6, 6.07) is 15.6. The number of carbonyl (C=O) groups excluding carboxylic acids is 1. The minimum atomic E-state index is -0.127. The highest BCUT2D eigenvalue weighted by Gasteiger charge is 2.27. The van der Waals surface area contributed by atoms with Crippen LogP contribution < -0.4 is 9.47 Å². The lowest BCUT2D eigenvalue weighted by atomic mass is 9.94. The van der Waals surface area contributed by atoms with Gasteiger partial charge < -0.3 is 14.4 Å². The van der Waals surface area contributed by atoms with Gasteiger partial charge in [-0.15, -0.1) is 0 Å². The van der Waals surface area contributed by atoms with Crippen LogP contribution in [-0.4, -0.2) is 41.0 Å². The maximum absolute atomic E-state index is 13.4. The molecule has 0 saturated heterocycles. The fraction of sp³-hybridized carbons (Fsp3) is 0.346. The standard InChI is InChI=1S/C26H29N3O3/c1-18-14-15-22(23(16-18)31-3)32-25-21(26(30)29(2)20-12-8-5-9-13-20)17-27-24(28-25)19-10-6-4-7-11-19/h4,6-7,10-11,14-17,20H,5,8-9,12-13H2,1-3H3. The van der Waals surface area contributed by atoms with Crippen molar-refractivity contribution in [1.29, 1.82) is 0 Å². The molecule has 0 radical (unpaired) electrons. The van der Waals surface area contributed by atoms with Crippen LogP contribution in [0, 0.1) is 6.92 Å². The molecular formula is C26H29N3O3. The summed E-state index contributed by atoms with van der Waals surface area (Å²) in [5.41, 5.74) is 2.25. The summed E-state index contributed by atoms with van der Waals surface area (Å²) in [6.07, 6.45) is 7.15. The number of methoxy groups -OCH3 is 1. The minimum Gasteiger partial charge on any atom is -0.493 e. The number of amides is 1. The fourth-order valence-corrected chi connectivity index (χ4v) is 4.10. The van der Waals surface area contributed by atoms with Gasteiger partial charge in [0.25, 0.3) is 5.91 Å². The zero-order valence-electron chi connectivity index (χ0n) is 18.9. The normalized spacial score (nSPS) is 14.1. The molecule has 6 heteroatoms. The molecule has 1 aliphatic rings. The third-order valence-electron chi connectivity index (χ3n) is 5.98. The van der Waals surface area contributed by atoms with Gasteiger partial charge >= 0.3 is 0 Å². The molecule has 1 saturated carbocycles. The van der Waals surface area contributed by atoms with Crippen LogP contribution in [0.1, 0.15) is 48.0 Å². The first-order chi connectivity index (χ1) is 15.6. The van der Waals surface area contributed by atoms with E-state index in [2.05, 4.69) is 9.97 Å². The molecule has 1 aliphatic carbocycles. The molecule has 0 N–H and O–H groups in total. The van der Waals surface area contributed by atoms with Crippen LogP contribution in [0.15, 0.2) is 54.7 Å². The van der Waals surface area contributed by atoms with E-state index in [9.17, 15) is 4.79 Å². The van der Waals surface area contributed by atoms with Crippen molar-refractivity contribution in [1.82, 2.24) is 14.9 Å². The highest BCUT2D eigenvalue weighted by Crippen LogP contribution is 2.34. The molecule has 6 nitrogen and oxygen atoms in total. The van der Waals surface area contributed by atoms with Crippen LogP contribution in [-0.2, 0) is 0 Å². The molecule has 1 fully saturated rings. The van der Waals surface area contributed by atoms with Gasteiger partial charge in [0.15, 0.2) is 17.3 Å². The van der Waals surface area contributed by atoms with Crippen LogP contribution in [0.5, 0.6) is 17.4 Å². The van der Waals surface area contributed by atoms with Gasteiger partial charge in [-0.3, -0.25) is 4.79 Å². The van der Waals surface area contributed by atoms with Crippen molar-refractivity contribution < 1.29 is 14.3 Å². The van der Waals surface area contributed by atoms with E-state index in [0.717, 1.165) is 36.8 Å². The lowest BCUT2D eigenvalue weighted by Gasteiger charge is -2.31. The number of ether oxygens (including phenoxy) is 2. The molecule has 1 aromatic heterocycles. The van der Waals surface area contributed by atoms with Crippen LogP contribution >= 0.6 is 0 Å². The Morgan fingerprint density at radius 1 is 1.03 bits per heavy atom. The van der Waals surface area contributed by atoms with E-state index in [1.54, 1.807) is 13.3 Å². The van der Waals surface area contributed by atoms with Gasteiger partial charge in [-0.25, -0.2) is 4.98 Å². The highest BCUT2D eigenvalue weighted by atomic mass is 16.5. The molecule has 0 aliphatic heterocycles. The Morgan fingerprint density at radius 3 is 2.50 bits per heavy atom. The Labute approximate surface area is 189 Å². The van der Waals surface area contributed by atoms with E-state index in [-0.39, 0.29) is 17.8 Å². The smallest absolute Gasteiger partial charge is 0.260 e. The summed E-state index contributed by atoms with van der Waals surface area (Å²) in [5, 5.41) is 0. The zero-order chi connectivity index (χ0) is 22.5. The molecule has 166 valence electrons. The average Bonchev–Trinajstić information content (AvgIpc) is 2.85. The van der Waals surface area contributed by atoms with E-state index in [1.165, 1.54) is 6.42 Å². The van der Waals surface area contributed by atoms with Crippen LogP contribution in [0.25, 0.3) is 11.4 Å². The molecular weight excluding hydrogens is 402 g/mol. The van der Waals surface area contributed by atoms with Crippen LogP contribution in [0.2, 0.25) is 0 Å². The molecule has 0 spiro atoms. The number of carbonyl (C=O) groups is 1. The fourth-order valence-electron chi connectivity index (χ4n) is 4.10. The number of rotatable bonds is 6. The van der Waals surface area contributed by atoms with Crippen molar-refractivity contribution >= 4 is 5.91 Å². The maximum Gasteiger partial charge on any atom is 0.260 e. The third kappa shape index (κ3) is 4.74. The predicted molar refractivity (Wildman–Crippen MR) is 124 cm³/mol. The minimum absolute atomic E-state index is 0.127. The summed E-state index contributed by atoms with van der Waals surface area (Å²) < 4.78 is 11.7. The second-order valence-corrected chi connectivity index (χ2v) is 8.24. The monoisotopic (exact) mass is 431 g/mol. The summed E-state index contributed by atoms with van der Waals surface area (Å²) >= 11 is 0. The van der Waals surface area contributed by atoms with E-state index >= 15 is 0 Å². The highest BCUT2D eigenvalue weighted by molar-refractivity contribution is 5.96. The summed E-state index contributed by atoms with van der Waals surface area (Å²) in [4.78, 5) is 24.4. The van der Waals surface area contributed by atoms with Gasteiger partial charge in [0.1, 0.15) is 5.56 Å². The number of hydrogen-bond donors (Lipinski definition) is 0. The van der Waals surface area contributed by atoms with Crippen molar-refractivity contribution in [2.75, 3.05) is 14.2 Å². The third-order valence-corrected chi connectivity index (χ3v) is 5.98. The van der Waals surface area contributed by atoms with Crippen molar-refractivity contribution in [3.63, 3.8) is 0 Å². The van der Waals surface area contributed by atoms with Gasteiger partial charge in [0, 0.05) is 24.8 Å². The molecule has 1 amide bonds. The molecule has 2 aromatic carbocycles. The largest absolute Gasteiger partial charge is 0.493 e. The van der Waals surface area contributed by atoms with Gasteiger partial charge in [-0.1, -0.05) is 55.7 Å². The molecule has 32 heavy (non-hydrogen) atoms. The second-order valence-electron chi connectivity index (χ2n) is 8.24. The zero-order valence-corrected chi connectivity index (χ0v) is 18.9. The molecule has 0 unspecified atom stereocenters. The molecule has 0 bridgehead atoms. The first-order valence-electron chi connectivity index (χ1n) is 11.1. The predicted octanol–water partition coefficient (Wildman–Crippen LogP) is 5.66. The lowest BCUT2D eigenvalue weighted by molar-refractivity contribution is 0.0692. The molecule has 4 rings (SSSR count). The Balaban J connectivity index is 1.73. The number of nitrogens with zero attached hydrogens (tertiary/aromatic N) is 3. The first kappa shape index (κ1) is 21.8. The molecule has 3 aromatic rings. The number of aromatic nitrogens is 2. The quantitative estimate of drug-likeness (QED) is 0.504. The van der Waals surface area contributed by atoms with Crippen molar-refractivity contribution in [2.24, 2.45) is 0 Å². The second kappa shape index (κ2) is 9.81. The summed E-state index contributed by atoms with van der Waals surface area (Å²) in [7, 11) is 3.46. The number of hydrogen-bond acceptors (Lipinski definition) is 5. The first-order valence-corrected chi connectivity index (χ1v) is 11.1. The lowest BCUT2D eigenvalue weighted by Crippen LogP contribution is -2.38. The molecule has 0 atom stereocenters. The molecule has 1 heterocycles. The Morgan fingerprint density at radius 2 is 1.78 bits per heavy atom. The number of benzene rings is 2. The Hall–Kier alpha value is -3.41. The van der Waals surface area contributed by atoms with Gasteiger partial charge in [-0.2, -0.15) is 4.98 Å². The Bertz CT molecular complexity index is 1080. The van der Waals surface area contributed by atoms with E-state index in [4.69, 9.17) is 9.47 Å². The summed E-state index contributed by atoms with van der Waals surface area (Å²) in [6.45, 7) is 1.98. The SMILES string of the molecule is COc1cc(C)ccc1Oc1nc(-c2ccccc2)ncc1C(=O)N(C)C1CCCCC1. The van der Waals surface area contributed by atoms with Gasteiger partial charge in [0.2, 0.25) is 5.88 Å². The van der Waals surface area contributed by atoms with Gasteiger partial charge in [-0.05, 0) is 37.5 Å². The van der Waals surface area contributed by atoms with Crippen molar-refractivity contribution in [3.8, 4) is 28.8 Å².